The van der Waals surface area contributed by atoms with Gasteiger partial charge in [0.1, 0.15) is 5.76 Å². The number of furan rings is 1. The minimum Gasteiger partial charge on any atom is -0.469 e. The van der Waals surface area contributed by atoms with Crippen molar-refractivity contribution in [3.63, 3.8) is 0 Å². The van der Waals surface area contributed by atoms with E-state index in [4.69, 9.17) is 4.42 Å². The fraction of sp³-hybridized carbons (Fsp3) is 0.500. The summed E-state index contributed by atoms with van der Waals surface area (Å²) >= 11 is 0. The van der Waals surface area contributed by atoms with E-state index < -0.39 is 0 Å². The number of aryl methyl sites for hydroxylation is 1. The molecule has 0 amide bonds. The predicted molar refractivity (Wildman–Crippen MR) is 59.3 cm³/mol. The minimum absolute atomic E-state index is 0.568. The molecule has 0 bridgehead atoms. The first kappa shape index (κ1) is 11.1. The zero-order valence-corrected chi connectivity index (χ0v) is 8.83. The fourth-order valence-corrected chi connectivity index (χ4v) is 1.52. The monoisotopic (exact) mass is 193 g/mol. The third-order valence-electron chi connectivity index (χ3n) is 2.45. The van der Waals surface area contributed by atoms with Crippen LogP contribution >= 0.6 is 0 Å². The van der Waals surface area contributed by atoms with E-state index in [0.29, 0.717) is 6.04 Å². The van der Waals surface area contributed by atoms with Crippen LogP contribution in [0.4, 0.5) is 0 Å². The van der Waals surface area contributed by atoms with Gasteiger partial charge in [-0.05, 0) is 38.4 Å². The second-order valence-electron chi connectivity index (χ2n) is 3.47. The maximum absolute atomic E-state index is 5.28. The second kappa shape index (κ2) is 6.44. The van der Waals surface area contributed by atoms with Crippen LogP contribution in [0.1, 0.15) is 25.0 Å². The first-order valence-electron chi connectivity index (χ1n) is 5.17. The number of hydrogen-bond donors (Lipinski definition) is 1. The normalized spacial score (nSPS) is 12.6. The molecule has 1 unspecified atom stereocenters. The number of allylic oxidation sites excluding steroid dienone is 1. The highest BCUT2D eigenvalue weighted by molar-refractivity contribution is 4.98. The quantitative estimate of drug-likeness (QED) is 0.674. The van der Waals surface area contributed by atoms with Crippen molar-refractivity contribution in [2.45, 2.75) is 31.7 Å². The Kier molecular flexibility index (Phi) is 5.08. The molecular weight excluding hydrogens is 174 g/mol. The van der Waals surface area contributed by atoms with E-state index in [2.05, 4.69) is 11.9 Å². The summed E-state index contributed by atoms with van der Waals surface area (Å²) in [5.74, 6) is 1.07. The van der Waals surface area contributed by atoms with Gasteiger partial charge in [0.2, 0.25) is 0 Å². The van der Waals surface area contributed by atoms with Crippen LogP contribution in [0.2, 0.25) is 0 Å². The Labute approximate surface area is 86.0 Å². The molecule has 0 fully saturated rings. The van der Waals surface area contributed by atoms with E-state index >= 15 is 0 Å². The topological polar surface area (TPSA) is 25.2 Å². The van der Waals surface area contributed by atoms with E-state index in [-0.39, 0.29) is 0 Å². The van der Waals surface area contributed by atoms with Gasteiger partial charge in [-0.15, -0.1) is 6.58 Å². The number of nitrogens with one attached hydrogen (secondary N) is 1. The van der Waals surface area contributed by atoms with Crippen molar-refractivity contribution in [2.24, 2.45) is 0 Å². The SMILES string of the molecule is C=CCCC(CCc1ccco1)NC. The zero-order chi connectivity index (χ0) is 10.2. The highest BCUT2D eigenvalue weighted by atomic mass is 16.3. The summed E-state index contributed by atoms with van der Waals surface area (Å²) in [5, 5.41) is 3.31. The lowest BCUT2D eigenvalue weighted by molar-refractivity contribution is 0.448. The Hall–Kier alpha value is -1.02. The molecule has 1 heterocycles. The number of hydrogen-bond acceptors (Lipinski definition) is 2. The van der Waals surface area contributed by atoms with Gasteiger partial charge >= 0.3 is 0 Å². The lowest BCUT2D eigenvalue weighted by Gasteiger charge is -2.13. The van der Waals surface area contributed by atoms with Gasteiger partial charge in [-0.3, -0.25) is 0 Å². The third kappa shape index (κ3) is 3.79. The molecule has 0 spiro atoms. The Balaban J connectivity index is 2.23. The van der Waals surface area contributed by atoms with Gasteiger partial charge in [-0.25, -0.2) is 0 Å². The number of rotatable bonds is 7. The van der Waals surface area contributed by atoms with E-state index in [1.54, 1.807) is 6.26 Å². The average molecular weight is 193 g/mol. The highest BCUT2D eigenvalue weighted by Gasteiger charge is 2.05. The summed E-state index contributed by atoms with van der Waals surface area (Å²) < 4.78 is 5.28. The average Bonchev–Trinajstić information content (AvgIpc) is 2.71. The maximum atomic E-state index is 5.28. The van der Waals surface area contributed by atoms with E-state index in [1.807, 2.05) is 25.3 Å². The molecule has 0 radical (unpaired) electrons. The summed E-state index contributed by atoms with van der Waals surface area (Å²) in [6.07, 6.45) is 8.06. The molecule has 0 aliphatic carbocycles. The molecule has 78 valence electrons. The summed E-state index contributed by atoms with van der Waals surface area (Å²) in [5.41, 5.74) is 0. The van der Waals surface area contributed by atoms with Crippen molar-refractivity contribution in [3.8, 4) is 0 Å². The van der Waals surface area contributed by atoms with Crippen LogP contribution in [0, 0.1) is 0 Å². The molecule has 0 saturated carbocycles. The van der Waals surface area contributed by atoms with Crippen LogP contribution in [0.25, 0.3) is 0 Å². The molecule has 1 aromatic heterocycles. The Morgan fingerprint density at radius 2 is 2.43 bits per heavy atom. The standard InChI is InChI=1S/C12H19NO/c1-3-4-6-11(13-2)8-9-12-7-5-10-14-12/h3,5,7,10-11,13H,1,4,6,8-9H2,2H3. The van der Waals surface area contributed by atoms with Crippen molar-refractivity contribution in [2.75, 3.05) is 7.05 Å². The van der Waals surface area contributed by atoms with Crippen molar-refractivity contribution in [1.82, 2.24) is 5.32 Å². The van der Waals surface area contributed by atoms with Crippen LogP contribution in [0.15, 0.2) is 35.5 Å². The van der Waals surface area contributed by atoms with Gasteiger partial charge in [0.15, 0.2) is 0 Å². The molecule has 0 aliphatic heterocycles. The van der Waals surface area contributed by atoms with Crippen molar-refractivity contribution >= 4 is 0 Å². The molecule has 1 atom stereocenters. The van der Waals surface area contributed by atoms with E-state index in [1.165, 1.54) is 0 Å². The summed E-state index contributed by atoms with van der Waals surface area (Å²) in [4.78, 5) is 0. The van der Waals surface area contributed by atoms with Gasteiger partial charge in [0.25, 0.3) is 0 Å². The largest absolute Gasteiger partial charge is 0.469 e. The first-order valence-corrected chi connectivity index (χ1v) is 5.17. The molecule has 2 nitrogen and oxygen atoms in total. The third-order valence-corrected chi connectivity index (χ3v) is 2.45. The lowest BCUT2D eigenvalue weighted by atomic mass is 10.1. The highest BCUT2D eigenvalue weighted by Crippen LogP contribution is 2.09. The van der Waals surface area contributed by atoms with Gasteiger partial charge in [-0.2, -0.15) is 0 Å². The minimum atomic E-state index is 0.568. The maximum Gasteiger partial charge on any atom is 0.103 e. The molecular formula is C12H19NO. The fourth-order valence-electron chi connectivity index (χ4n) is 1.52. The van der Waals surface area contributed by atoms with Crippen LogP contribution < -0.4 is 5.32 Å². The zero-order valence-electron chi connectivity index (χ0n) is 8.83. The van der Waals surface area contributed by atoms with Crippen molar-refractivity contribution in [1.29, 1.82) is 0 Å². The Morgan fingerprint density at radius 1 is 1.57 bits per heavy atom. The molecule has 0 aromatic carbocycles. The molecule has 1 rings (SSSR count). The van der Waals surface area contributed by atoms with Crippen LogP contribution in [0.3, 0.4) is 0 Å². The molecule has 0 aliphatic rings. The summed E-state index contributed by atoms with van der Waals surface area (Å²) in [7, 11) is 2.01. The molecule has 1 N–H and O–H groups in total. The van der Waals surface area contributed by atoms with Crippen molar-refractivity contribution < 1.29 is 4.42 Å². The Bertz CT molecular complexity index is 241. The first-order chi connectivity index (χ1) is 6.86. The predicted octanol–water partition coefficient (Wildman–Crippen LogP) is 2.77. The molecule has 0 saturated heterocycles. The van der Waals surface area contributed by atoms with Crippen LogP contribution in [-0.4, -0.2) is 13.1 Å². The molecule has 14 heavy (non-hydrogen) atoms. The van der Waals surface area contributed by atoms with Crippen LogP contribution in [0.5, 0.6) is 0 Å². The van der Waals surface area contributed by atoms with Gasteiger partial charge in [-0.1, -0.05) is 6.08 Å². The van der Waals surface area contributed by atoms with Gasteiger partial charge < -0.3 is 9.73 Å². The van der Waals surface area contributed by atoms with Gasteiger partial charge in [0.05, 0.1) is 6.26 Å². The van der Waals surface area contributed by atoms with E-state index in [9.17, 15) is 0 Å². The smallest absolute Gasteiger partial charge is 0.103 e. The van der Waals surface area contributed by atoms with Crippen molar-refractivity contribution in [3.05, 3.63) is 36.8 Å². The summed E-state index contributed by atoms with van der Waals surface area (Å²) in [6, 6.07) is 4.53. The molecule has 1 aromatic rings. The second-order valence-corrected chi connectivity index (χ2v) is 3.47. The van der Waals surface area contributed by atoms with Gasteiger partial charge in [0, 0.05) is 12.5 Å². The Morgan fingerprint density at radius 3 is 3.00 bits per heavy atom. The molecule has 2 heteroatoms. The lowest BCUT2D eigenvalue weighted by Crippen LogP contribution is -2.25. The van der Waals surface area contributed by atoms with Crippen LogP contribution in [-0.2, 0) is 6.42 Å². The summed E-state index contributed by atoms with van der Waals surface area (Å²) in [6.45, 7) is 3.73. The van der Waals surface area contributed by atoms with E-state index in [0.717, 1.165) is 31.4 Å².